The summed E-state index contributed by atoms with van der Waals surface area (Å²) in [6.07, 6.45) is 0.0671. The van der Waals surface area contributed by atoms with E-state index in [2.05, 4.69) is 10.6 Å². The molecule has 0 bridgehead atoms. The summed E-state index contributed by atoms with van der Waals surface area (Å²) in [7, 11) is 8.04. The van der Waals surface area contributed by atoms with Crippen LogP contribution in [0.4, 0.5) is 21.9 Å². The molecule has 0 aliphatic heterocycles. The number of phenols is 1. The van der Waals surface area contributed by atoms with E-state index in [1.165, 1.54) is 32.2 Å². The van der Waals surface area contributed by atoms with E-state index in [1.807, 2.05) is 0 Å². The minimum Gasteiger partial charge on any atom is -0.508 e. The zero-order chi connectivity index (χ0) is 33.1. The van der Waals surface area contributed by atoms with E-state index in [9.17, 15) is 39.6 Å². The number of anilines is 3. The summed E-state index contributed by atoms with van der Waals surface area (Å²) in [4.78, 5) is 55.6. The third kappa shape index (κ3) is 4.82. The van der Waals surface area contributed by atoms with Crippen molar-refractivity contribution in [3.63, 3.8) is 0 Å². The van der Waals surface area contributed by atoms with Crippen molar-refractivity contribution in [3.8, 4) is 11.5 Å². The van der Waals surface area contributed by atoms with Crippen LogP contribution in [0.1, 0.15) is 17.5 Å². The van der Waals surface area contributed by atoms with Gasteiger partial charge < -0.3 is 46.4 Å². The van der Waals surface area contributed by atoms with Crippen molar-refractivity contribution in [2.75, 3.05) is 50.8 Å². The summed E-state index contributed by atoms with van der Waals surface area (Å²) in [5, 5.41) is 51.0. The highest BCUT2D eigenvalue weighted by molar-refractivity contribution is 6.24. The van der Waals surface area contributed by atoms with Gasteiger partial charge in [-0.1, -0.05) is 0 Å². The first-order chi connectivity index (χ1) is 21.1. The molecule has 3 aliphatic rings. The quantitative estimate of drug-likeness (QED) is 0.182. The van der Waals surface area contributed by atoms with Gasteiger partial charge in [0.05, 0.1) is 24.4 Å². The number of aliphatic hydroxyl groups is 3. The summed E-state index contributed by atoms with van der Waals surface area (Å²) in [5.74, 6) is -6.94. The van der Waals surface area contributed by atoms with Gasteiger partial charge in [0, 0.05) is 37.0 Å². The number of nitrogens with zero attached hydrogens (tertiary/aromatic N) is 2. The lowest BCUT2D eigenvalue weighted by Crippen LogP contribution is -2.65. The number of rotatable bonds is 6. The highest BCUT2D eigenvalue weighted by Gasteiger charge is 2.64. The van der Waals surface area contributed by atoms with E-state index in [-0.39, 0.29) is 29.7 Å². The number of primary amides is 1. The zero-order valence-corrected chi connectivity index (χ0v) is 25.3. The second-order valence-corrected chi connectivity index (χ2v) is 11.8. The molecule has 1 fully saturated rings. The number of hydrogen-bond donors (Lipinski definition) is 7. The standard InChI is InChI=1S/C31H35N5O9/c1-35(2)19-12-18(34-30(43)33-14-6-8-15(45-5)9-7-14)24(37)21-16(19)10-13-11-17-23(36(3)4)26(39)22(29(32)42)28(41)31(17,44)27(40)20(13)25(21)38/h6-9,12-13,17,23,37-38,41,44H,10-11H2,1-5H3,(H2,32,42)(H2,33,34,43)/t13-,17-,23-,31-/m0/s1. The Hall–Kier alpha value is -5.08. The minimum atomic E-state index is -2.75. The van der Waals surface area contributed by atoms with Gasteiger partial charge in [0.1, 0.15) is 22.8 Å². The average Bonchev–Trinajstić information content (AvgIpc) is 2.96. The van der Waals surface area contributed by atoms with Crippen LogP contribution < -0.4 is 26.0 Å². The molecule has 238 valence electrons. The van der Waals surface area contributed by atoms with Crippen molar-refractivity contribution in [1.29, 1.82) is 0 Å². The van der Waals surface area contributed by atoms with E-state index in [0.29, 0.717) is 22.7 Å². The molecule has 8 N–H and O–H groups in total. The molecule has 0 aromatic heterocycles. The van der Waals surface area contributed by atoms with Gasteiger partial charge in [-0.3, -0.25) is 19.3 Å². The zero-order valence-electron chi connectivity index (χ0n) is 25.3. The molecule has 0 unspecified atom stereocenters. The summed E-state index contributed by atoms with van der Waals surface area (Å²) in [5.41, 5.74) is 2.65. The number of aromatic hydroxyl groups is 1. The lowest BCUT2D eigenvalue weighted by molar-refractivity contribution is -0.153. The normalized spacial score (nSPS) is 24.1. The van der Waals surface area contributed by atoms with Crippen LogP contribution in [-0.2, 0) is 20.8 Å². The molecule has 3 amide bonds. The van der Waals surface area contributed by atoms with Crippen molar-refractivity contribution in [1.82, 2.24) is 4.90 Å². The van der Waals surface area contributed by atoms with Gasteiger partial charge in [-0.15, -0.1) is 0 Å². The van der Waals surface area contributed by atoms with Crippen LogP contribution in [0.3, 0.4) is 0 Å². The van der Waals surface area contributed by atoms with Crippen molar-refractivity contribution >= 4 is 46.3 Å². The number of carbonyl (C=O) groups excluding carboxylic acids is 4. The molecule has 0 spiro atoms. The van der Waals surface area contributed by atoms with E-state index in [0.717, 1.165) is 0 Å². The van der Waals surface area contributed by atoms with Crippen molar-refractivity contribution in [2.45, 2.75) is 24.5 Å². The number of carbonyl (C=O) groups is 4. The number of amides is 3. The summed E-state index contributed by atoms with van der Waals surface area (Å²) >= 11 is 0. The Balaban J connectivity index is 1.61. The average molecular weight is 622 g/mol. The van der Waals surface area contributed by atoms with Gasteiger partial charge in [-0.05, 0) is 68.8 Å². The van der Waals surface area contributed by atoms with Gasteiger partial charge in [0.25, 0.3) is 5.91 Å². The molecule has 14 nitrogen and oxygen atoms in total. The first-order valence-electron chi connectivity index (χ1n) is 14.1. The molecule has 1 saturated carbocycles. The minimum absolute atomic E-state index is 0.0380. The van der Waals surface area contributed by atoms with Gasteiger partial charge in [-0.25, -0.2) is 4.79 Å². The fourth-order valence-corrected chi connectivity index (χ4v) is 6.75. The molecular formula is C31H35N5O9. The largest absolute Gasteiger partial charge is 0.508 e. The first kappa shape index (κ1) is 31.3. The maximum Gasteiger partial charge on any atom is 0.323 e. The number of ketones is 2. The van der Waals surface area contributed by atoms with Crippen LogP contribution in [0.15, 0.2) is 47.2 Å². The predicted octanol–water partition coefficient (Wildman–Crippen LogP) is 1.68. The molecule has 2 aromatic carbocycles. The third-order valence-corrected chi connectivity index (χ3v) is 8.78. The number of hydrogen-bond acceptors (Lipinski definition) is 11. The Bertz CT molecular complexity index is 1700. The lowest BCUT2D eigenvalue weighted by Gasteiger charge is -2.50. The van der Waals surface area contributed by atoms with Crippen LogP contribution in [0.25, 0.3) is 5.76 Å². The number of nitrogens with one attached hydrogen (secondary N) is 2. The summed E-state index contributed by atoms with van der Waals surface area (Å²) < 4.78 is 5.12. The second kappa shape index (κ2) is 11.1. The number of benzene rings is 2. The van der Waals surface area contributed by atoms with Crippen LogP contribution in [0, 0.1) is 11.8 Å². The SMILES string of the molecule is COc1ccc(NC(=O)Nc2cc(N(C)C)c3c(c2O)C(O)=C2C(=O)[C@]4(O)C(O)=C(C(N)=O)C(=O)[C@@H](N(C)C)[C@@H]4C[C@@H]2C3)cc1. The highest BCUT2D eigenvalue weighted by atomic mass is 16.5. The van der Waals surface area contributed by atoms with Crippen LogP contribution in [-0.4, -0.2) is 95.8 Å². The number of nitrogens with two attached hydrogens (primary N) is 1. The predicted molar refractivity (Wildman–Crippen MR) is 164 cm³/mol. The number of Topliss-reactive ketones (excluding diaryl/α,β-unsaturated/α-hetero) is 2. The van der Waals surface area contributed by atoms with Crippen molar-refractivity contribution in [2.24, 2.45) is 17.6 Å². The summed E-state index contributed by atoms with van der Waals surface area (Å²) in [6, 6.07) is 6.18. The van der Waals surface area contributed by atoms with Gasteiger partial charge in [-0.2, -0.15) is 0 Å². The molecule has 45 heavy (non-hydrogen) atoms. The monoisotopic (exact) mass is 621 g/mol. The fourth-order valence-electron chi connectivity index (χ4n) is 6.75. The van der Waals surface area contributed by atoms with Crippen LogP contribution >= 0.6 is 0 Å². The van der Waals surface area contributed by atoms with Crippen LogP contribution in [0.2, 0.25) is 0 Å². The van der Waals surface area contributed by atoms with Gasteiger partial charge >= 0.3 is 6.03 Å². The Kier molecular flexibility index (Phi) is 7.75. The molecule has 5 rings (SSSR count). The maximum atomic E-state index is 14.1. The van der Waals surface area contributed by atoms with Crippen molar-refractivity contribution in [3.05, 3.63) is 58.4 Å². The Morgan fingerprint density at radius 3 is 2.24 bits per heavy atom. The maximum absolute atomic E-state index is 14.1. The molecule has 3 aliphatic carbocycles. The van der Waals surface area contributed by atoms with E-state index in [1.54, 1.807) is 43.3 Å². The number of fused-ring (bicyclic) bond motifs is 3. The first-order valence-corrected chi connectivity index (χ1v) is 14.1. The van der Waals surface area contributed by atoms with Crippen molar-refractivity contribution < 1.29 is 44.3 Å². The Morgan fingerprint density at radius 2 is 1.69 bits per heavy atom. The number of likely N-dealkylation sites (N-methyl/N-ethyl adjacent to an activating group) is 1. The number of urea groups is 1. The second-order valence-electron chi connectivity index (χ2n) is 11.8. The van der Waals surface area contributed by atoms with E-state index < -0.39 is 69.8 Å². The number of methoxy groups -OCH3 is 1. The van der Waals surface area contributed by atoms with E-state index >= 15 is 0 Å². The highest BCUT2D eigenvalue weighted by Crippen LogP contribution is 2.54. The Morgan fingerprint density at radius 1 is 1.04 bits per heavy atom. The number of aliphatic hydroxyl groups excluding tert-OH is 2. The molecule has 0 heterocycles. The lowest BCUT2D eigenvalue weighted by atomic mass is 9.57. The Labute approximate surface area is 258 Å². The molecule has 0 saturated heterocycles. The number of phenolic OH excluding ortho intramolecular Hbond substituents is 1. The molecule has 4 atom stereocenters. The van der Waals surface area contributed by atoms with Gasteiger partial charge in [0.15, 0.2) is 17.1 Å². The van der Waals surface area contributed by atoms with E-state index in [4.69, 9.17) is 10.5 Å². The molecular weight excluding hydrogens is 586 g/mol. The number of ether oxygens (including phenoxy) is 1. The van der Waals surface area contributed by atoms with Gasteiger partial charge in [0.2, 0.25) is 5.78 Å². The topological polar surface area (TPSA) is 215 Å². The molecule has 14 heteroatoms. The molecule has 2 aromatic rings. The fraction of sp³-hybridized carbons (Fsp3) is 0.355. The third-order valence-electron chi connectivity index (χ3n) is 8.78. The molecule has 0 radical (unpaired) electrons. The summed E-state index contributed by atoms with van der Waals surface area (Å²) in [6.45, 7) is 0. The smallest absolute Gasteiger partial charge is 0.323 e. The van der Waals surface area contributed by atoms with Crippen LogP contribution in [0.5, 0.6) is 11.5 Å².